The van der Waals surface area contributed by atoms with Gasteiger partial charge in [0.25, 0.3) is 0 Å². The first-order valence-corrected chi connectivity index (χ1v) is 4.64. The van der Waals surface area contributed by atoms with Gasteiger partial charge in [-0.25, -0.2) is 0 Å². The van der Waals surface area contributed by atoms with Crippen molar-refractivity contribution in [1.29, 1.82) is 0 Å². The van der Waals surface area contributed by atoms with Crippen molar-refractivity contribution >= 4 is 5.78 Å². The maximum Gasteiger partial charge on any atom is 0.188 e. The standard InChI is InChI=1S/C11H14O3.CH4/c1-2-7-14-8-11(13)9-3-5-10(12)6-4-9;/h3-6,12H,2,7-8H2,1H3;1H4. The molecule has 15 heavy (non-hydrogen) atoms. The van der Waals surface area contributed by atoms with E-state index < -0.39 is 0 Å². The monoisotopic (exact) mass is 210 g/mol. The molecule has 1 aromatic carbocycles. The van der Waals surface area contributed by atoms with E-state index in [1.807, 2.05) is 6.92 Å². The zero-order valence-electron chi connectivity index (χ0n) is 8.19. The molecule has 0 aliphatic heterocycles. The predicted molar refractivity (Wildman–Crippen MR) is 60.3 cm³/mol. The van der Waals surface area contributed by atoms with E-state index in [0.29, 0.717) is 12.2 Å². The molecule has 0 saturated carbocycles. The van der Waals surface area contributed by atoms with Crippen LogP contribution in [0, 0.1) is 0 Å². The number of ketones is 1. The largest absolute Gasteiger partial charge is 0.508 e. The average molecular weight is 210 g/mol. The Bertz CT molecular complexity index is 290. The summed E-state index contributed by atoms with van der Waals surface area (Å²) in [7, 11) is 0. The number of Topliss-reactive ketones (excluding diaryl/α,β-unsaturated/α-hetero) is 1. The van der Waals surface area contributed by atoms with Crippen LogP contribution in [0.3, 0.4) is 0 Å². The summed E-state index contributed by atoms with van der Waals surface area (Å²) < 4.78 is 5.12. The highest BCUT2D eigenvalue weighted by atomic mass is 16.5. The Hall–Kier alpha value is -1.35. The SMILES string of the molecule is C.CCCOCC(=O)c1ccc(O)cc1. The van der Waals surface area contributed by atoms with Crippen LogP contribution in [0.1, 0.15) is 31.1 Å². The quantitative estimate of drug-likeness (QED) is 0.600. The van der Waals surface area contributed by atoms with Gasteiger partial charge in [0.1, 0.15) is 12.4 Å². The Morgan fingerprint density at radius 1 is 1.33 bits per heavy atom. The van der Waals surface area contributed by atoms with Crippen LogP contribution in [0.5, 0.6) is 5.75 Å². The minimum Gasteiger partial charge on any atom is -0.508 e. The van der Waals surface area contributed by atoms with Crippen LogP contribution in [-0.2, 0) is 4.74 Å². The number of phenols is 1. The smallest absolute Gasteiger partial charge is 0.188 e. The number of aromatic hydroxyl groups is 1. The first kappa shape index (κ1) is 13.7. The van der Waals surface area contributed by atoms with Crippen molar-refractivity contribution in [2.75, 3.05) is 13.2 Å². The number of hydrogen-bond donors (Lipinski definition) is 1. The lowest BCUT2D eigenvalue weighted by atomic mass is 10.1. The minimum atomic E-state index is -0.0570. The van der Waals surface area contributed by atoms with Crippen molar-refractivity contribution in [3.8, 4) is 5.75 Å². The molecular weight excluding hydrogens is 192 g/mol. The second-order valence-electron chi connectivity index (χ2n) is 3.02. The Labute approximate surface area is 90.7 Å². The maximum atomic E-state index is 11.4. The molecule has 0 saturated heterocycles. The lowest BCUT2D eigenvalue weighted by molar-refractivity contribution is 0.0761. The summed E-state index contributed by atoms with van der Waals surface area (Å²) in [4.78, 5) is 11.4. The van der Waals surface area contributed by atoms with E-state index in [1.165, 1.54) is 12.1 Å². The van der Waals surface area contributed by atoms with E-state index in [4.69, 9.17) is 9.84 Å². The Morgan fingerprint density at radius 3 is 2.47 bits per heavy atom. The normalized spacial score (nSPS) is 9.40. The van der Waals surface area contributed by atoms with Gasteiger partial charge in [-0.1, -0.05) is 14.4 Å². The molecule has 3 heteroatoms. The fraction of sp³-hybridized carbons (Fsp3) is 0.417. The van der Waals surface area contributed by atoms with Crippen molar-refractivity contribution in [2.45, 2.75) is 20.8 Å². The fourth-order valence-electron chi connectivity index (χ4n) is 1.04. The number of rotatable bonds is 5. The van der Waals surface area contributed by atoms with Gasteiger partial charge in [0.05, 0.1) is 0 Å². The first-order chi connectivity index (χ1) is 6.74. The molecule has 0 aromatic heterocycles. The van der Waals surface area contributed by atoms with Gasteiger partial charge in [-0.05, 0) is 30.7 Å². The summed E-state index contributed by atoms with van der Waals surface area (Å²) in [5.41, 5.74) is 0.568. The molecule has 0 atom stereocenters. The zero-order valence-corrected chi connectivity index (χ0v) is 8.19. The second kappa shape index (κ2) is 7.01. The van der Waals surface area contributed by atoms with Crippen LogP contribution < -0.4 is 0 Å². The lowest BCUT2D eigenvalue weighted by Gasteiger charge is -2.01. The topological polar surface area (TPSA) is 46.5 Å². The molecule has 1 N–H and O–H groups in total. The third-order valence-electron chi connectivity index (χ3n) is 1.77. The van der Waals surface area contributed by atoms with Crippen LogP contribution in [-0.4, -0.2) is 24.1 Å². The summed E-state index contributed by atoms with van der Waals surface area (Å²) >= 11 is 0. The van der Waals surface area contributed by atoms with Crippen molar-refractivity contribution < 1.29 is 14.6 Å². The highest BCUT2D eigenvalue weighted by Gasteiger charge is 2.04. The zero-order chi connectivity index (χ0) is 10.4. The molecule has 1 rings (SSSR count). The Kier molecular flexibility index (Phi) is 6.38. The van der Waals surface area contributed by atoms with Gasteiger partial charge in [-0.2, -0.15) is 0 Å². The average Bonchev–Trinajstić information content (AvgIpc) is 2.19. The fourth-order valence-corrected chi connectivity index (χ4v) is 1.04. The van der Waals surface area contributed by atoms with Gasteiger partial charge in [-0.3, -0.25) is 4.79 Å². The molecule has 0 radical (unpaired) electrons. The second-order valence-corrected chi connectivity index (χ2v) is 3.02. The summed E-state index contributed by atoms with van der Waals surface area (Å²) in [6, 6.07) is 6.17. The molecule has 0 unspecified atom stereocenters. The van der Waals surface area contributed by atoms with Gasteiger partial charge < -0.3 is 9.84 Å². The summed E-state index contributed by atoms with van der Waals surface area (Å²) in [5.74, 6) is 0.106. The van der Waals surface area contributed by atoms with Crippen LogP contribution in [0.2, 0.25) is 0 Å². The number of carbonyl (C=O) groups excluding carboxylic acids is 1. The molecular formula is C12H18O3. The van der Waals surface area contributed by atoms with Gasteiger partial charge in [0.2, 0.25) is 0 Å². The Balaban J connectivity index is 0.00000196. The molecule has 0 aliphatic rings. The van der Waals surface area contributed by atoms with E-state index in [-0.39, 0.29) is 25.6 Å². The van der Waals surface area contributed by atoms with Crippen molar-refractivity contribution in [3.05, 3.63) is 29.8 Å². The number of benzene rings is 1. The first-order valence-electron chi connectivity index (χ1n) is 4.64. The van der Waals surface area contributed by atoms with E-state index >= 15 is 0 Å². The minimum absolute atomic E-state index is 0. The van der Waals surface area contributed by atoms with Crippen molar-refractivity contribution in [1.82, 2.24) is 0 Å². The predicted octanol–water partition coefficient (Wildman–Crippen LogP) is 2.64. The number of carbonyl (C=O) groups is 1. The highest BCUT2D eigenvalue weighted by molar-refractivity contribution is 5.97. The molecule has 84 valence electrons. The number of phenolic OH excluding ortho intramolecular Hbond substituents is 1. The van der Waals surface area contributed by atoms with Gasteiger partial charge >= 0.3 is 0 Å². The summed E-state index contributed by atoms with van der Waals surface area (Å²) in [5, 5.41) is 9.01. The van der Waals surface area contributed by atoms with Crippen molar-refractivity contribution in [2.24, 2.45) is 0 Å². The molecule has 1 aromatic rings. The number of hydrogen-bond acceptors (Lipinski definition) is 3. The van der Waals surface area contributed by atoms with E-state index in [1.54, 1.807) is 12.1 Å². The molecule has 0 spiro atoms. The van der Waals surface area contributed by atoms with E-state index in [0.717, 1.165) is 6.42 Å². The molecule has 3 nitrogen and oxygen atoms in total. The van der Waals surface area contributed by atoms with Gasteiger partial charge in [0.15, 0.2) is 5.78 Å². The highest BCUT2D eigenvalue weighted by Crippen LogP contribution is 2.10. The lowest BCUT2D eigenvalue weighted by Crippen LogP contribution is -2.09. The Morgan fingerprint density at radius 2 is 1.93 bits per heavy atom. The molecule has 0 bridgehead atoms. The molecule has 0 fully saturated rings. The van der Waals surface area contributed by atoms with Crippen LogP contribution in [0.15, 0.2) is 24.3 Å². The maximum absolute atomic E-state index is 11.4. The van der Waals surface area contributed by atoms with Crippen LogP contribution >= 0.6 is 0 Å². The van der Waals surface area contributed by atoms with Crippen LogP contribution in [0.25, 0.3) is 0 Å². The van der Waals surface area contributed by atoms with Gasteiger partial charge in [0, 0.05) is 12.2 Å². The number of ether oxygens (including phenoxy) is 1. The molecule has 0 aliphatic carbocycles. The third-order valence-corrected chi connectivity index (χ3v) is 1.77. The van der Waals surface area contributed by atoms with Crippen molar-refractivity contribution in [3.63, 3.8) is 0 Å². The molecule has 0 amide bonds. The van der Waals surface area contributed by atoms with Crippen LogP contribution in [0.4, 0.5) is 0 Å². The third kappa shape index (κ3) is 4.61. The summed E-state index contributed by atoms with van der Waals surface area (Å²) in [6.07, 6.45) is 0.906. The van der Waals surface area contributed by atoms with E-state index in [2.05, 4.69) is 0 Å². The van der Waals surface area contributed by atoms with Gasteiger partial charge in [-0.15, -0.1) is 0 Å². The summed E-state index contributed by atoms with van der Waals surface area (Å²) in [6.45, 7) is 2.70. The molecule has 0 heterocycles. The van der Waals surface area contributed by atoms with E-state index in [9.17, 15) is 4.79 Å².